The van der Waals surface area contributed by atoms with E-state index in [4.69, 9.17) is 16.3 Å². The van der Waals surface area contributed by atoms with Crippen molar-refractivity contribution in [2.45, 2.75) is 20.8 Å². The van der Waals surface area contributed by atoms with Crippen LogP contribution in [0.3, 0.4) is 0 Å². The van der Waals surface area contributed by atoms with Gasteiger partial charge in [0.05, 0.1) is 17.7 Å². The van der Waals surface area contributed by atoms with Crippen LogP contribution < -0.4 is 10.9 Å². The minimum Gasteiger partial charge on any atom is -0.461 e. The van der Waals surface area contributed by atoms with Gasteiger partial charge in [-0.15, -0.1) is 11.3 Å². The first-order valence-electron chi connectivity index (χ1n) is 10.2. The largest absolute Gasteiger partial charge is 0.461 e. The molecular formula is C24H20ClN3O4S. The molecule has 2 heterocycles. The highest BCUT2D eigenvalue weighted by Gasteiger charge is 2.23. The van der Waals surface area contributed by atoms with Gasteiger partial charge in [0.1, 0.15) is 5.00 Å². The summed E-state index contributed by atoms with van der Waals surface area (Å²) < 4.78 is 6.25. The molecule has 0 aliphatic carbocycles. The molecule has 1 N–H and O–H groups in total. The number of hydrogen-bond acceptors (Lipinski definition) is 6. The third-order valence-corrected chi connectivity index (χ3v) is 6.02. The summed E-state index contributed by atoms with van der Waals surface area (Å²) in [5.41, 5.74) is 2.26. The second kappa shape index (κ2) is 9.17. The Bertz CT molecular complexity index is 1440. The van der Waals surface area contributed by atoms with Crippen LogP contribution >= 0.6 is 22.9 Å². The van der Waals surface area contributed by atoms with Gasteiger partial charge in [0.15, 0.2) is 5.69 Å². The number of thiophene rings is 1. The summed E-state index contributed by atoms with van der Waals surface area (Å²) in [4.78, 5) is 39.0. The number of halogens is 1. The van der Waals surface area contributed by atoms with Crippen LogP contribution in [-0.2, 0) is 4.74 Å². The lowest BCUT2D eigenvalue weighted by molar-refractivity contribution is 0.0520. The summed E-state index contributed by atoms with van der Waals surface area (Å²) in [5, 5.41) is 9.94. The number of hydrogen-bond donors (Lipinski definition) is 1. The molecule has 0 bridgehead atoms. The number of amides is 1. The van der Waals surface area contributed by atoms with Gasteiger partial charge in [-0.2, -0.15) is 9.78 Å². The van der Waals surface area contributed by atoms with Crippen molar-refractivity contribution >= 4 is 50.6 Å². The fraction of sp³-hybridized carbons (Fsp3) is 0.167. The van der Waals surface area contributed by atoms with Gasteiger partial charge in [0, 0.05) is 21.4 Å². The van der Waals surface area contributed by atoms with E-state index in [1.54, 1.807) is 48.7 Å². The van der Waals surface area contributed by atoms with E-state index in [0.717, 1.165) is 27.1 Å². The van der Waals surface area contributed by atoms with Crippen LogP contribution in [-0.4, -0.2) is 28.3 Å². The van der Waals surface area contributed by atoms with E-state index in [-0.39, 0.29) is 23.6 Å². The number of aryl methyl sites for hydroxylation is 2. The SMILES string of the molecule is CCOC(=O)c1nn(-c2cccc(Cl)c2)c(=O)c2c(NC(=O)c3cc(C)cc(C)c3)scc12. The number of anilines is 1. The van der Waals surface area contributed by atoms with Crippen LogP contribution in [0.5, 0.6) is 0 Å². The van der Waals surface area contributed by atoms with Gasteiger partial charge in [-0.25, -0.2) is 4.79 Å². The van der Waals surface area contributed by atoms with E-state index in [2.05, 4.69) is 10.4 Å². The van der Waals surface area contributed by atoms with E-state index in [0.29, 0.717) is 26.7 Å². The highest BCUT2D eigenvalue weighted by atomic mass is 35.5. The Morgan fingerprint density at radius 3 is 2.55 bits per heavy atom. The number of nitrogens with one attached hydrogen (secondary N) is 1. The molecule has 9 heteroatoms. The van der Waals surface area contributed by atoms with Gasteiger partial charge in [-0.05, 0) is 51.1 Å². The quantitative estimate of drug-likeness (QED) is 0.398. The standard InChI is InChI=1S/C24H20ClN3O4S/c1-4-32-24(31)20-18-12-33-22(26-21(29)15-9-13(2)8-14(3)10-15)19(18)23(30)28(27-20)17-7-5-6-16(25)11-17/h5-12H,4H2,1-3H3,(H,26,29). The highest BCUT2D eigenvalue weighted by molar-refractivity contribution is 7.16. The molecule has 168 valence electrons. The summed E-state index contributed by atoms with van der Waals surface area (Å²) in [6.45, 7) is 5.65. The number of benzene rings is 2. The molecule has 2 aromatic carbocycles. The Kier molecular flexibility index (Phi) is 6.31. The van der Waals surface area contributed by atoms with Crippen molar-refractivity contribution in [3.8, 4) is 5.69 Å². The molecule has 1 amide bonds. The molecular weight excluding hydrogens is 462 g/mol. The maximum absolute atomic E-state index is 13.4. The Morgan fingerprint density at radius 1 is 1.15 bits per heavy atom. The van der Waals surface area contributed by atoms with Gasteiger partial charge < -0.3 is 10.1 Å². The molecule has 4 aromatic rings. The molecule has 0 saturated heterocycles. The summed E-state index contributed by atoms with van der Waals surface area (Å²) in [5.74, 6) is -1.02. The van der Waals surface area contributed by atoms with E-state index >= 15 is 0 Å². The fourth-order valence-electron chi connectivity index (χ4n) is 3.56. The molecule has 0 saturated carbocycles. The zero-order valence-corrected chi connectivity index (χ0v) is 19.7. The fourth-order valence-corrected chi connectivity index (χ4v) is 4.67. The molecule has 0 aliphatic heterocycles. The molecule has 0 atom stereocenters. The number of fused-ring (bicyclic) bond motifs is 1. The topological polar surface area (TPSA) is 90.3 Å². The number of aromatic nitrogens is 2. The molecule has 4 rings (SSSR count). The maximum Gasteiger partial charge on any atom is 0.359 e. The first-order valence-corrected chi connectivity index (χ1v) is 11.4. The Morgan fingerprint density at radius 2 is 1.88 bits per heavy atom. The average molecular weight is 482 g/mol. The number of ether oxygens (including phenoxy) is 1. The summed E-state index contributed by atoms with van der Waals surface area (Å²) in [6.07, 6.45) is 0. The number of rotatable bonds is 5. The second-order valence-electron chi connectivity index (χ2n) is 7.45. The zero-order chi connectivity index (χ0) is 23.7. The van der Waals surface area contributed by atoms with Crippen molar-refractivity contribution in [1.29, 1.82) is 0 Å². The normalized spacial score (nSPS) is 10.9. The average Bonchev–Trinajstić information content (AvgIpc) is 3.17. The summed E-state index contributed by atoms with van der Waals surface area (Å²) in [7, 11) is 0. The maximum atomic E-state index is 13.4. The summed E-state index contributed by atoms with van der Waals surface area (Å²) in [6, 6.07) is 12.1. The van der Waals surface area contributed by atoms with Crippen LogP contribution in [0, 0.1) is 13.8 Å². The van der Waals surface area contributed by atoms with E-state index in [1.165, 1.54) is 0 Å². The second-order valence-corrected chi connectivity index (χ2v) is 8.77. The highest BCUT2D eigenvalue weighted by Crippen LogP contribution is 2.31. The molecule has 0 unspecified atom stereocenters. The van der Waals surface area contributed by atoms with Gasteiger partial charge in [-0.1, -0.05) is 34.9 Å². The number of carbonyl (C=O) groups excluding carboxylic acids is 2. The number of carbonyl (C=O) groups is 2. The predicted octanol–water partition coefficient (Wildman–Crippen LogP) is 5.15. The van der Waals surface area contributed by atoms with Crippen molar-refractivity contribution in [1.82, 2.24) is 9.78 Å². The van der Waals surface area contributed by atoms with Crippen molar-refractivity contribution < 1.29 is 14.3 Å². The summed E-state index contributed by atoms with van der Waals surface area (Å²) >= 11 is 7.25. The third-order valence-electron chi connectivity index (χ3n) is 4.88. The molecule has 33 heavy (non-hydrogen) atoms. The van der Waals surface area contributed by atoms with E-state index in [1.807, 2.05) is 19.9 Å². The molecule has 0 radical (unpaired) electrons. The lowest BCUT2D eigenvalue weighted by atomic mass is 10.1. The number of nitrogens with zero attached hydrogens (tertiary/aromatic N) is 2. The smallest absolute Gasteiger partial charge is 0.359 e. The van der Waals surface area contributed by atoms with Gasteiger partial charge in [0.25, 0.3) is 11.5 Å². The first-order chi connectivity index (χ1) is 15.8. The minimum absolute atomic E-state index is 0.0189. The molecule has 0 aliphatic rings. The van der Waals surface area contributed by atoms with Crippen LogP contribution in [0.2, 0.25) is 5.02 Å². The van der Waals surface area contributed by atoms with Crippen molar-refractivity contribution in [3.63, 3.8) is 0 Å². The third kappa shape index (κ3) is 4.53. The van der Waals surface area contributed by atoms with Crippen LogP contribution in [0.25, 0.3) is 16.5 Å². The van der Waals surface area contributed by atoms with Gasteiger partial charge in [-0.3, -0.25) is 9.59 Å². The number of esters is 1. The lowest BCUT2D eigenvalue weighted by Crippen LogP contribution is -2.25. The molecule has 0 fully saturated rings. The monoisotopic (exact) mass is 481 g/mol. The molecule has 2 aromatic heterocycles. The Labute approximate surface area is 198 Å². The minimum atomic E-state index is -0.664. The van der Waals surface area contributed by atoms with Crippen molar-refractivity contribution in [2.75, 3.05) is 11.9 Å². The zero-order valence-electron chi connectivity index (χ0n) is 18.1. The van der Waals surface area contributed by atoms with Gasteiger partial charge >= 0.3 is 5.97 Å². The van der Waals surface area contributed by atoms with Crippen molar-refractivity contribution in [2.24, 2.45) is 0 Å². The Hall–Kier alpha value is -3.49. The van der Waals surface area contributed by atoms with E-state index in [9.17, 15) is 14.4 Å². The lowest BCUT2D eigenvalue weighted by Gasteiger charge is -2.10. The van der Waals surface area contributed by atoms with Crippen molar-refractivity contribution in [3.05, 3.63) is 85.6 Å². The molecule has 0 spiro atoms. The Balaban J connectivity index is 1.89. The predicted molar refractivity (Wildman–Crippen MR) is 130 cm³/mol. The first kappa shape index (κ1) is 22.7. The van der Waals surface area contributed by atoms with Crippen LogP contribution in [0.4, 0.5) is 5.00 Å². The van der Waals surface area contributed by atoms with E-state index < -0.39 is 11.5 Å². The van der Waals surface area contributed by atoms with Crippen LogP contribution in [0.15, 0.2) is 52.6 Å². The molecule has 7 nitrogen and oxygen atoms in total. The van der Waals surface area contributed by atoms with Gasteiger partial charge in [0.2, 0.25) is 0 Å². The van der Waals surface area contributed by atoms with Crippen LogP contribution in [0.1, 0.15) is 38.9 Å².